The Morgan fingerprint density at radius 3 is 2.58 bits per heavy atom. The zero-order chi connectivity index (χ0) is 22.0. The van der Waals surface area contributed by atoms with Crippen molar-refractivity contribution in [3.63, 3.8) is 0 Å². The van der Waals surface area contributed by atoms with E-state index in [4.69, 9.17) is 14.1 Å². The maximum Gasteiger partial charge on any atom is 0.410 e. The molecule has 0 bridgehead atoms. The highest BCUT2D eigenvalue weighted by atomic mass is 16.6. The molecule has 0 N–H and O–H groups in total. The first kappa shape index (κ1) is 21.4. The molecule has 0 saturated carbocycles. The van der Waals surface area contributed by atoms with Gasteiger partial charge in [0.2, 0.25) is 5.89 Å². The van der Waals surface area contributed by atoms with Gasteiger partial charge in [-0.2, -0.15) is 0 Å². The minimum atomic E-state index is -0.465. The summed E-state index contributed by atoms with van der Waals surface area (Å²) >= 11 is 0. The van der Waals surface area contributed by atoms with Crippen LogP contribution in [0.1, 0.15) is 38.3 Å². The Hall–Kier alpha value is -2.86. The highest BCUT2D eigenvalue weighted by Crippen LogP contribution is 2.25. The van der Waals surface area contributed by atoms with E-state index in [9.17, 15) is 4.79 Å². The molecule has 3 aromatic rings. The van der Waals surface area contributed by atoms with Crippen LogP contribution in [0.2, 0.25) is 0 Å². The Kier molecular flexibility index (Phi) is 6.01. The number of rotatable bonds is 3. The lowest BCUT2D eigenvalue weighted by atomic mass is 10.1. The van der Waals surface area contributed by atoms with Gasteiger partial charge >= 0.3 is 6.09 Å². The molecule has 6 heteroatoms. The average Bonchev–Trinajstić information content (AvgIpc) is 2.98. The molecule has 4 rings (SSSR count). The first-order valence-electron chi connectivity index (χ1n) is 10.9. The third kappa shape index (κ3) is 5.44. The average molecular weight is 422 g/mol. The predicted octanol–water partition coefficient (Wildman–Crippen LogP) is 5.25. The monoisotopic (exact) mass is 421 g/mol. The van der Waals surface area contributed by atoms with Crippen LogP contribution < -0.4 is 0 Å². The molecule has 0 radical (unpaired) electrons. The van der Waals surface area contributed by atoms with Crippen molar-refractivity contribution in [3.8, 4) is 11.5 Å². The van der Waals surface area contributed by atoms with Gasteiger partial charge in [0.15, 0.2) is 5.58 Å². The zero-order valence-electron chi connectivity index (χ0n) is 18.9. The third-order valence-corrected chi connectivity index (χ3v) is 5.40. The molecule has 0 aliphatic carbocycles. The number of hydrogen-bond donors (Lipinski definition) is 0. The van der Waals surface area contributed by atoms with Crippen LogP contribution in [0.5, 0.6) is 0 Å². The molecule has 0 unspecified atom stereocenters. The quantitative estimate of drug-likeness (QED) is 0.578. The van der Waals surface area contributed by atoms with Crippen molar-refractivity contribution in [1.29, 1.82) is 0 Å². The van der Waals surface area contributed by atoms with E-state index in [2.05, 4.69) is 36.1 Å². The van der Waals surface area contributed by atoms with Crippen molar-refractivity contribution in [2.45, 2.75) is 46.3 Å². The summed E-state index contributed by atoms with van der Waals surface area (Å²) in [5.74, 6) is 0.648. The van der Waals surface area contributed by atoms with Crippen molar-refractivity contribution < 1.29 is 13.9 Å². The van der Waals surface area contributed by atoms with Gasteiger partial charge < -0.3 is 14.1 Å². The van der Waals surface area contributed by atoms with Gasteiger partial charge in [-0.05, 0) is 63.9 Å². The fourth-order valence-corrected chi connectivity index (χ4v) is 3.79. The van der Waals surface area contributed by atoms with Gasteiger partial charge in [-0.25, -0.2) is 9.78 Å². The number of amides is 1. The summed E-state index contributed by atoms with van der Waals surface area (Å²) in [7, 11) is 0. The molecule has 6 nitrogen and oxygen atoms in total. The van der Waals surface area contributed by atoms with Crippen molar-refractivity contribution in [2.75, 3.05) is 26.2 Å². The van der Waals surface area contributed by atoms with Crippen LogP contribution in [0.25, 0.3) is 22.6 Å². The van der Waals surface area contributed by atoms with Crippen LogP contribution in [-0.2, 0) is 11.3 Å². The summed E-state index contributed by atoms with van der Waals surface area (Å²) < 4.78 is 11.5. The van der Waals surface area contributed by atoms with Gasteiger partial charge in [0.1, 0.15) is 11.1 Å². The Bertz CT molecular complexity index is 1050. The number of carbonyl (C=O) groups excluding carboxylic acids is 1. The highest BCUT2D eigenvalue weighted by Gasteiger charge is 2.24. The topological polar surface area (TPSA) is 58.8 Å². The van der Waals surface area contributed by atoms with E-state index >= 15 is 0 Å². The molecule has 1 aliphatic heterocycles. The maximum atomic E-state index is 12.4. The molecule has 0 atom stereocenters. The number of aromatic nitrogens is 1. The first-order valence-corrected chi connectivity index (χ1v) is 10.9. The fourth-order valence-electron chi connectivity index (χ4n) is 3.79. The van der Waals surface area contributed by atoms with Crippen LogP contribution >= 0.6 is 0 Å². The largest absolute Gasteiger partial charge is 0.444 e. The van der Waals surface area contributed by atoms with Gasteiger partial charge in [0.25, 0.3) is 0 Å². The van der Waals surface area contributed by atoms with Gasteiger partial charge in [0.05, 0.1) is 0 Å². The molecule has 1 saturated heterocycles. The van der Waals surface area contributed by atoms with Crippen LogP contribution in [0.4, 0.5) is 4.79 Å². The standard InChI is InChI=1S/C25H31N3O3/c1-18-6-9-20(10-7-18)23-26-21-16-19(8-11-22(21)30-23)17-27-12-5-13-28(15-14-27)24(29)31-25(2,3)4/h6-11,16H,5,12-15,17H2,1-4H3. The second-order valence-corrected chi connectivity index (χ2v) is 9.28. The number of ether oxygens (including phenoxy) is 1. The predicted molar refractivity (Wildman–Crippen MR) is 122 cm³/mol. The number of aryl methyl sites for hydroxylation is 1. The second kappa shape index (κ2) is 8.71. The molecule has 164 valence electrons. The minimum absolute atomic E-state index is 0.220. The summed E-state index contributed by atoms with van der Waals surface area (Å²) in [4.78, 5) is 21.3. The van der Waals surface area contributed by atoms with Crippen molar-refractivity contribution in [2.24, 2.45) is 0 Å². The molecule has 0 spiro atoms. The minimum Gasteiger partial charge on any atom is -0.444 e. The van der Waals surface area contributed by atoms with Crippen molar-refractivity contribution in [3.05, 3.63) is 53.6 Å². The second-order valence-electron chi connectivity index (χ2n) is 9.28. The Labute approximate surface area is 183 Å². The summed E-state index contributed by atoms with van der Waals surface area (Å²) in [5.41, 5.74) is 4.60. The first-order chi connectivity index (χ1) is 14.8. The van der Waals surface area contributed by atoms with Crippen LogP contribution in [-0.4, -0.2) is 52.7 Å². The maximum absolute atomic E-state index is 12.4. The van der Waals surface area contributed by atoms with Crippen LogP contribution in [0.3, 0.4) is 0 Å². The lowest BCUT2D eigenvalue weighted by molar-refractivity contribution is 0.0257. The number of benzene rings is 2. The number of oxazole rings is 1. The molecule has 1 fully saturated rings. The van der Waals surface area contributed by atoms with Crippen molar-refractivity contribution >= 4 is 17.2 Å². The van der Waals surface area contributed by atoms with E-state index in [1.807, 2.05) is 43.9 Å². The van der Waals surface area contributed by atoms with E-state index in [-0.39, 0.29) is 6.09 Å². The summed E-state index contributed by atoms with van der Waals surface area (Å²) in [5, 5.41) is 0. The van der Waals surface area contributed by atoms with Gasteiger partial charge in [-0.1, -0.05) is 23.8 Å². The molecule has 1 aliphatic rings. The van der Waals surface area contributed by atoms with E-state index in [0.29, 0.717) is 12.4 Å². The molecule has 1 amide bonds. The van der Waals surface area contributed by atoms with Crippen LogP contribution in [0, 0.1) is 6.92 Å². The number of fused-ring (bicyclic) bond motifs is 1. The Balaban J connectivity index is 1.41. The number of nitrogens with zero attached hydrogens (tertiary/aromatic N) is 3. The van der Waals surface area contributed by atoms with Crippen LogP contribution in [0.15, 0.2) is 46.9 Å². The molecular weight excluding hydrogens is 390 g/mol. The number of hydrogen-bond acceptors (Lipinski definition) is 5. The Morgan fingerprint density at radius 2 is 1.84 bits per heavy atom. The molecule has 31 heavy (non-hydrogen) atoms. The van der Waals surface area contributed by atoms with Crippen molar-refractivity contribution in [1.82, 2.24) is 14.8 Å². The van der Waals surface area contributed by atoms with E-state index in [1.54, 1.807) is 0 Å². The molecule has 1 aromatic heterocycles. The normalized spacial score (nSPS) is 15.8. The van der Waals surface area contributed by atoms with E-state index in [1.165, 1.54) is 11.1 Å². The molecule has 2 heterocycles. The molecular formula is C25H31N3O3. The van der Waals surface area contributed by atoms with Gasteiger partial charge in [0, 0.05) is 38.3 Å². The van der Waals surface area contributed by atoms with E-state index < -0.39 is 5.60 Å². The zero-order valence-corrected chi connectivity index (χ0v) is 18.9. The van der Waals surface area contributed by atoms with Gasteiger partial charge in [-0.15, -0.1) is 0 Å². The lowest BCUT2D eigenvalue weighted by Gasteiger charge is -2.26. The smallest absolute Gasteiger partial charge is 0.410 e. The Morgan fingerprint density at radius 1 is 1.06 bits per heavy atom. The highest BCUT2D eigenvalue weighted by molar-refractivity contribution is 5.77. The SMILES string of the molecule is Cc1ccc(-c2nc3cc(CN4CCCN(C(=O)OC(C)(C)C)CC4)ccc3o2)cc1. The summed E-state index contributed by atoms with van der Waals surface area (Å²) in [6, 6.07) is 14.4. The number of carbonyl (C=O) groups is 1. The summed E-state index contributed by atoms with van der Waals surface area (Å²) in [6.07, 6.45) is 0.713. The summed E-state index contributed by atoms with van der Waals surface area (Å²) in [6.45, 7) is 11.8. The lowest BCUT2D eigenvalue weighted by Crippen LogP contribution is -2.39. The fraction of sp³-hybridized carbons (Fsp3) is 0.440. The van der Waals surface area contributed by atoms with E-state index in [0.717, 1.165) is 49.3 Å². The third-order valence-electron chi connectivity index (χ3n) is 5.40. The molecule has 2 aromatic carbocycles. The van der Waals surface area contributed by atoms with Gasteiger partial charge in [-0.3, -0.25) is 4.90 Å².